The van der Waals surface area contributed by atoms with Gasteiger partial charge in [0.05, 0.1) is 12.2 Å². The van der Waals surface area contributed by atoms with Gasteiger partial charge in [0.1, 0.15) is 6.61 Å². The minimum Gasteiger partial charge on any atom is -0.461 e. The molecule has 0 bridgehead atoms. The van der Waals surface area contributed by atoms with Crippen molar-refractivity contribution in [1.82, 2.24) is 0 Å². The smallest absolute Gasteiger partial charge is 0.319 e. The van der Waals surface area contributed by atoms with Crippen LogP contribution in [-0.2, 0) is 9.53 Å². The Kier molecular flexibility index (Phi) is 14.9. The highest BCUT2D eigenvalue weighted by molar-refractivity contribution is 5.85. The molecular formula is C14H32ClN3O2. The molecule has 6 N–H and O–H groups in total. The molecule has 0 saturated heterocycles. The van der Waals surface area contributed by atoms with E-state index in [1.165, 1.54) is 38.5 Å². The summed E-state index contributed by atoms with van der Waals surface area (Å²) >= 11 is 0. The second kappa shape index (κ2) is 13.6. The van der Waals surface area contributed by atoms with Gasteiger partial charge in [-0.05, 0) is 6.42 Å². The maximum Gasteiger partial charge on any atom is 0.319 e. The Bertz CT molecular complexity index is 238. The van der Waals surface area contributed by atoms with E-state index in [1.807, 2.05) is 0 Å². The first-order valence-electron chi connectivity index (χ1n) is 7.45. The number of carbonyl (C=O) groups is 1. The van der Waals surface area contributed by atoms with Crippen molar-refractivity contribution in [2.75, 3.05) is 13.2 Å². The van der Waals surface area contributed by atoms with E-state index in [1.54, 1.807) is 0 Å². The van der Waals surface area contributed by atoms with Crippen LogP contribution in [0.4, 0.5) is 0 Å². The number of esters is 1. The monoisotopic (exact) mass is 309 g/mol. The molecule has 0 aromatic heterocycles. The fraction of sp³-hybridized carbons (Fsp3) is 0.929. The summed E-state index contributed by atoms with van der Waals surface area (Å²) < 4.78 is 4.86. The first-order valence-corrected chi connectivity index (χ1v) is 7.45. The molecule has 0 aliphatic heterocycles. The van der Waals surface area contributed by atoms with Gasteiger partial charge in [-0.15, -0.1) is 12.4 Å². The molecule has 0 fully saturated rings. The molecule has 0 aromatic rings. The average molecular weight is 310 g/mol. The normalized spacial score (nSPS) is 11.0. The lowest BCUT2D eigenvalue weighted by molar-refractivity contribution is -0.143. The fourth-order valence-electron chi connectivity index (χ4n) is 1.93. The number of unbranched alkanes of at least 4 members (excludes halogenated alkanes) is 7. The van der Waals surface area contributed by atoms with Gasteiger partial charge in [-0.1, -0.05) is 58.3 Å². The third kappa shape index (κ3) is 14.1. The van der Waals surface area contributed by atoms with Crippen LogP contribution in [-0.4, -0.2) is 24.8 Å². The van der Waals surface area contributed by atoms with Crippen LogP contribution >= 0.6 is 12.4 Å². The molecule has 0 amide bonds. The highest BCUT2D eigenvalue weighted by atomic mass is 35.5. The molecule has 0 spiro atoms. The van der Waals surface area contributed by atoms with Crippen molar-refractivity contribution in [3.63, 3.8) is 0 Å². The molecule has 0 atom stereocenters. The van der Waals surface area contributed by atoms with Crippen LogP contribution in [0, 0.1) is 0 Å². The lowest BCUT2D eigenvalue weighted by atomic mass is 10.0. The summed E-state index contributed by atoms with van der Waals surface area (Å²) in [5, 5.41) is 0. The van der Waals surface area contributed by atoms with Crippen molar-refractivity contribution in [3.8, 4) is 0 Å². The van der Waals surface area contributed by atoms with Crippen molar-refractivity contribution < 1.29 is 9.53 Å². The Morgan fingerprint density at radius 3 is 2.00 bits per heavy atom. The lowest BCUT2D eigenvalue weighted by Crippen LogP contribution is -2.53. The Morgan fingerprint density at radius 1 is 1.00 bits per heavy atom. The summed E-state index contributed by atoms with van der Waals surface area (Å²) in [5.74, 6) is -0.462. The van der Waals surface area contributed by atoms with E-state index >= 15 is 0 Å². The molecule has 0 radical (unpaired) electrons. The molecule has 5 nitrogen and oxygen atoms in total. The third-order valence-corrected chi connectivity index (χ3v) is 3.16. The summed E-state index contributed by atoms with van der Waals surface area (Å²) in [6, 6.07) is 0. The van der Waals surface area contributed by atoms with E-state index in [0.29, 0.717) is 6.42 Å². The van der Waals surface area contributed by atoms with Crippen molar-refractivity contribution in [1.29, 1.82) is 0 Å². The van der Waals surface area contributed by atoms with Crippen LogP contribution < -0.4 is 17.2 Å². The van der Waals surface area contributed by atoms with Gasteiger partial charge in [0.25, 0.3) is 0 Å². The zero-order valence-electron chi connectivity index (χ0n) is 12.7. The van der Waals surface area contributed by atoms with Crippen LogP contribution in [0.3, 0.4) is 0 Å². The number of nitrogens with two attached hydrogens (primary N) is 3. The molecule has 0 rings (SSSR count). The standard InChI is InChI=1S/C14H31N3O2.ClH/c1-2-3-4-5-6-7-8-9-10-14(16,17)12-19-13(18)11-15;/h2-12,15-17H2,1H3;1H. The third-order valence-electron chi connectivity index (χ3n) is 3.16. The SMILES string of the molecule is CCCCCCCCCCC(N)(N)COC(=O)CN.Cl. The van der Waals surface area contributed by atoms with Crippen LogP contribution in [0.15, 0.2) is 0 Å². The lowest BCUT2D eigenvalue weighted by Gasteiger charge is -2.23. The molecule has 20 heavy (non-hydrogen) atoms. The highest BCUT2D eigenvalue weighted by Crippen LogP contribution is 2.12. The van der Waals surface area contributed by atoms with Crippen molar-refractivity contribution >= 4 is 18.4 Å². The first-order chi connectivity index (χ1) is 9.02. The maximum absolute atomic E-state index is 10.9. The molecule has 0 aliphatic carbocycles. The van der Waals surface area contributed by atoms with Gasteiger partial charge >= 0.3 is 5.97 Å². The number of ether oxygens (including phenoxy) is 1. The van der Waals surface area contributed by atoms with Crippen LogP contribution in [0.1, 0.15) is 64.7 Å². The molecule has 0 saturated carbocycles. The average Bonchev–Trinajstić information content (AvgIpc) is 2.39. The number of carbonyl (C=O) groups excluding carboxylic acids is 1. The molecule has 0 heterocycles. The molecule has 6 heteroatoms. The number of hydrogen-bond acceptors (Lipinski definition) is 5. The minimum absolute atomic E-state index is 0. The van der Waals surface area contributed by atoms with E-state index in [-0.39, 0.29) is 25.6 Å². The van der Waals surface area contributed by atoms with Gasteiger partial charge < -0.3 is 21.9 Å². The topological polar surface area (TPSA) is 104 Å². The Labute approximate surface area is 129 Å². The van der Waals surface area contributed by atoms with Gasteiger partial charge in [-0.3, -0.25) is 4.79 Å². The van der Waals surface area contributed by atoms with Crippen molar-refractivity contribution in [3.05, 3.63) is 0 Å². The summed E-state index contributed by atoms with van der Waals surface area (Å²) in [5.41, 5.74) is 15.9. The van der Waals surface area contributed by atoms with Gasteiger partial charge in [0, 0.05) is 0 Å². The first kappa shape index (κ1) is 21.9. The summed E-state index contributed by atoms with van der Waals surface area (Å²) in [4.78, 5) is 10.9. The van der Waals surface area contributed by atoms with Gasteiger partial charge in [-0.25, -0.2) is 0 Å². The Morgan fingerprint density at radius 2 is 1.50 bits per heavy atom. The van der Waals surface area contributed by atoms with Crippen molar-refractivity contribution in [2.45, 2.75) is 70.4 Å². The highest BCUT2D eigenvalue weighted by Gasteiger charge is 2.20. The summed E-state index contributed by atoms with van der Waals surface area (Å²) in [6.45, 7) is 2.13. The number of rotatable bonds is 12. The van der Waals surface area contributed by atoms with Crippen molar-refractivity contribution in [2.24, 2.45) is 17.2 Å². The van der Waals surface area contributed by atoms with Crippen LogP contribution in [0.2, 0.25) is 0 Å². The molecule has 0 aliphatic rings. The van der Waals surface area contributed by atoms with Gasteiger partial charge in [0.2, 0.25) is 0 Å². The number of hydrogen-bond donors (Lipinski definition) is 3. The maximum atomic E-state index is 10.9. The fourth-order valence-corrected chi connectivity index (χ4v) is 1.93. The van der Waals surface area contributed by atoms with E-state index in [9.17, 15) is 4.79 Å². The van der Waals surface area contributed by atoms with Gasteiger partial charge in [-0.2, -0.15) is 0 Å². The molecular weight excluding hydrogens is 278 g/mol. The zero-order chi connectivity index (χ0) is 14.6. The van der Waals surface area contributed by atoms with Gasteiger partial charge in [0.15, 0.2) is 0 Å². The van der Waals surface area contributed by atoms with E-state index < -0.39 is 11.6 Å². The Hall–Kier alpha value is -0.360. The molecule has 0 aromatic carbocycles. The van der Waals surface area contributed by atoms with E-state index in [2.05, 4.69) is 6.92 Å². The quantitative estimate of drug-likeness (QED) is 0.291. The van der Waals surface area contributed by atoms with E-state index in [0.717, 1.165) is 12.8 Å². The number of halogens is 1. The van der Waals surface area contributed by atoms with Crippen LogP contribution in [0.5, 0.6) is 0 Å². The predicted molar refractivity (Wildman–Crippen MR) is 85.6 cm³/mol. The van der Waals surface area contributed by atoms with E-state index in [4.69, 9.17) is 21.9 Å². The Balaban J connectivity index is 0. The molecule has 0 unspecified atom stereocenters. The molecule has 122 valence electrons. The second-order valence-corrected chi connectivity index (χ2v) is 5.32. The van der Waals surface area contributed by atoms with Crippen LogP contribution in [0.25, 0.3) is 0 Å². The second-order valence-electron chi connectivity index (χ2n) is 5.32. The largest absolute Gasteiger partial charge is 0.461 e. The summed E-state index contributed by atoms with van der Waals surface area (Å²) in [6.07, 6.45) is 10.5. The minimum atomic E-state index is -0.924. The predicted octanol–water partition coefficient (Wildman–Crippen LogP) is 2.05. The summed E-state index contributed by atoms with van der Waals surface area (Å²) in [7, 11) is 0. The zero-order valence-corrected chi connectivity index (χ0v) is 13.6.